The van der Waals surface area contributed by atoms with Gasteiger partial charge in [-0.25, -0.2) is 4.98 Å². The van der Waals surface area contributed by atoms with Gasteiger partial charge in [-0.1, -0.05) is 23.7 Å². The first kappa shape index (κ1) is 11.5. The average molecular weight is 243 g/mol. The van der Waals surface area contributed by atoms with Crippen LogP contribution in [-0.4, -0.2) is 12.0 Å². The van der Waals surface area contributed by atoms with Gasteiger partial charge in [-0.15, -0.1) is 6.42 Å². The molecule has 17 heavy (non-hydrogen) atoms. The Kier molecular flexibility index (Phi) is 3.32. The number of hydrogen-bond donors (Lipinski definition) is 1. The second kappa shape index (κ2) is 4.90. The van der Waals surface area contributed by atoms with E-state index in [4.69, 9.17) is 18.0 Å². The van der Waals surface area contributed by atoms with E-state index >= 15 is 0 Å². The van der Waals surface area contributed by atoms with Gasteiger partial charge in [0.05, 0.1) is 5.69 Å². The molecule has 0 spiro atoms. The third-order valence-electron chi connectivity index (χ3n) is 2.47. The molecular formula is C14H11ClN2. The molecule has 3 heteroatoms. The van der Waals surface area contributed by atoms with Crippen LogP contribution < -0.4 is 5.32 Å². The number of nitrogens with zero attached hydrogens (tertiary/aromatic N) is 1. The zero-order valence-corrected chi connectivity index (χ0v) is 10.1. The van der Waals surface area contributed by atoms with Gasteiger partial charge in [0, 0.05) is 23.8 Å². The largest absolute Gasteiger partial charge is 0.386 e. The third kappa shape index (κ3) is 2.41. The van der Waals surface area contributed by atoms with E-state index in [-0.39, 0.29) is 0 Å². The fourth-order valence-electron chi connectivity index (χ4n) is 1.57. The van der Waals surface area contributed by atoms with E-state index in [1.54, 1.807) is 6.20 Å². The smallest absolute Gasteiger partial charge is 0.136 e. The van der Waals surface area contributed by atoms with Crippen LogP contribution in [0.15, 0.2) is 36.5 Å². The van der Waals surface area contributed by atoms with Crippen molar-refractivity contribution in [1.29, 1.82) is 0 Å². The minimum Gasteiger partial charge on any atom is -0.386 e. The van der Waals surface area contributed by atoms with E-state index in [1.165, 1.54) is 0 Å². The summed E-state index contributed by atoms with van der Waals surface area (Å²) in [6.45, 7) is 0. The van der Waals surface area contributed by atoms with Gasteiger partial charge in [-0.05, 0) is 29.7 Å². The summed E-state index contributed by atoms with van der Waals surface area (Å²) >= 11 is 5.85. The number of rotatable bonds is 2. The predicted molar refractivity (Wildman–Crippen MR) is 72.2 cm³/mol. The van der Waals surface area contributed by atoms with Gasteiger partial charge in [0.2, 0.25) is 0 Å². The van der Waals surface area contributed by atoms with Gasteiger partial charge >= 0.3 is 0 Å². The van der Waals surface area contributed by atoms with Crippen LogP contribution in [0.4, 0.5) is 5.69 Å². The predicted octanol–water partition coefficient (Wildman–Crippen LogP) is 3.43. The Balaban J connectivity index is 2.47. The van der Waals surface area contributed by atoms with Crippen molar-refractivity contribution in [2.24, 2.45) is 0 Å². The van der Waals surface area contributed by atoms with Crippen molar-refractivity contribution in [1.82, 2.24) is 4.98 Å². The van der Waals surface area contributed by atoms with Crippen molar-refractivity contribution in [3.05, 3.63) is 47.2 Å². The number of anilines is 1. The molecule has 1 N–H and O–H groups in total. The molecule has 0 aliphatic rings. The molecule has 1 heterocycles. The Labute approximate surface area is 106 Å². The highest BCUT2D eigenvalue weighted by atomic mass is 35.5. The topological polar surface area (TPSA) is 24.9 Å². The quantitative estimate of drug-likeness (QED) is 0.817. The number of hydrogen-bond acceptors (Lipinski definition) is 2. The van der Waals surface area contributed by atoms with Crippen LogP contribution in [0.2, 0.25) is 5.02 Å². The minimum atomic E-state index is 0.616. The Morgan fingerprint density at radius 3 is 2.53 bits per heavy atom. The monoisotopic (exact) mass is 242 g/mol. The Hall–Kier alpha value is -1.98. The highest BCUT2D eigenvalue weighted by Crippen LogP contribution is 2.24. The molecule has 0 amide bonds. The molecule has 1 aromatic carbocycles. The molecule has 1 aromatic heterocycles. The zero-order valence-electron chi connectivity index (χ0n) is 9.37. The number of benzene rings is 1. The van der Waals surface area contributed by atoms with Gasteiger partial charge in [-0.2, -0.15) is 0 Å². The van der Waals surface area contributed by atoms with Gasteiger partial charge in [0.15, 0.2) is 0 Å². The zero-order chi connectivity index (χ0) is 12.3. The molecule has 0 bridgehead atoms. The first-order valence-electron chi connectivity index (χ1n) is 5.15. The van der Waals surface area contributed by atoms with Crippen LogP contribution in [0, 0.1) is 12.3 Å². The van der Waals surface area contributed by atoms with Crippen molar-refractivity contribution in [3.8, 4) is 23.5 Å². The Morgan fingerprint density at radius 1 is 1.24 bits per heavy atom. The van der Waals surface area contributed by atoms with Crippen molar-refractivity contribution in [2.45, 2.75) is 0 Å². The maximum Gasteiger partial charge on any atom is 0.136 e. The molecule has 0 saturated heterocycles. The second-order valence-electron chi connectivity index (χ2n) is 3.52. The molecule has 2 rings (SSSR count). The van der Waals surface area contributed by atoms with Crippen LogP contribution in [0.3, 0.4) is 0 Å². The number of nitrogens with one attached hydrogen (secondary N) is 1. The molecule has 0 unspecified atom stereocenters. The summed E-state index contributed by atoms with van der Waals surface area (Å²) in [6.07, 6.45) is 7.13. The van der Waals surface area contributed by atoms with Crippen LogP contribution in [0.5, 0.6) is 0 Å². The molecule has 2 aromatic rings. The SMILES string of the molecule is C#Cc1ncc(-c2ccc(Cl)cc2)cc1NC. The molecule has 84 valence electrons. The summed E-state index contributed by atoms with van der Waals surface area (Å²) in [5, 5.41) is 3.76. The standard InChI is InChI=1S/C14H11ClN2/c1-3-13-14(16-2)8-11(9-17-13)10-4-6-12(15)7-5-10/h1,4-9,16H,2H3. The fraction of sp³-hybridized carbons (Fsp3) is 0.0714. The third-order valence-corrected chi connectivity index (χ3v) is 2.72. The van der Waals surface area contributed by atoms with Crippen molar-refractivity contribution in [3.63, 3.8) is 0 Å². The Morgan fingerprint density at radius 2 is 1.94 bits per heavy atom. The molecule has 0 radical (unpaired) electrons. The molecule has 0 saturated carbocycles. The van der Waals surface area contributed by atoms with Gasteiger partial charge in [-0.3, -0.25) is 0 Å². The van der Waals surface area contributed by atoms with Crippen LogP contribution in [-0.2, 0) is 0 Å². The number of aromatic nitrogens is 1. The van der Waals surface area contributed by atoms with Gasteiger partial charge in [0.25, 0.3) is 0 Å². The van der Waals surface area contributed by atoms with Crippen LogP contribution in [0.25, 0.3) is 11.1 Å². The van der Waals surface area contributed by atoms with E-state index < -0.39 is 0 Å². The summed E-state index contributed by atoms with van der Waals surface area (Å²) in [4.78, 5) is 4.24. The van der Waals surface area contributed by atoms with Gasteiger partial charge < -0.3 is 5.32 Å². The highest BCUT2D eigenvalue weighted by molar-refractivity contribution is 6.30. The number of pyridine rings is 1. The van der Waals surface area contributed by atoms with E-state index in [2.05, 4.69) is 16.2 Å². The van der Waals surface area contributed by atoms with Gasteiger partial charge in [0.1, 0.15) is 5.69 Å². The van der Waals surface area contributed by atoms with Crippen LogP contribution >= 0.6 is 11.6 Å². The van der Waals surface area contributed by atoms with Crippen molar-refractivity contribution < 1.29 is 0 Å². The maximum atomic E-state index is 5.85. The molecule has 0 atom stereocenters. The first-order valence-corrected chi connectivity index (χ1v) is 5.52. The lowest BCUT2D eigenvalue weighted by Crippen LogP contribution is -1.95. The summed E-state index contributed by atoms with van der Waals surface area (Å²) in [6, 6.07) is 9.59. The molecule has 0 fully saturated rings. The normalized spacial score (nSPS) is 9.71. The van der Waals surface area contributed by atoms with E-state index in [0.717, 1.165) is 21.8 Å². The summed E-state index contributed by atoms with van der Waals surface area (Å²) in [7, 11) is 1.82. The molecule has 0 aliphatic heterocycles. The fourth-order valence-corrected chi connectivity index (χ4v) is 1.70. The summed E-state index contributed by atoms with van der Waals surface area (Å²) in [5.41, 5.74) is 3.53. The molecule has 0 aliphatic carbocycles. The molecule has 2 nitrogen and oxygen atoms in total. The lowest BCUT2D eigenvalue weighted by Gasteiger charge is -2.07. The van der Waals surface area contributed by atoms with Crippen LogP contribution in [0.1, 0.15) is 5.69 Å². The van der Waals surface area contributed by atoms with Crippen molar-refractivity contribution in [2.75, 3.05) is 12.4 Å². The summed E-state index contributed by atoms with van der Waals surface area (Å²) < 4.78 is 0. The second-order valence-corrected chi connectivity index (χ2v) is 3.96. The lowest BCUT2D eigenvalue weighted by molar-refractivity contribution is 1.27. The summed E-state index contributed by atoms with van der Waals surface area (Å²) in [5.74, 6) is 2.54. The first-order chi connectivity index (χ1) is 8.24. The number of halogens is 1. The lowest BCUT2D eigenvalue weighted by atomic mass is 10.1. The van der Waals surface area contributed by atoms with Crippen molar-refractivity contribution >= 4 is 17.3 Å². The van der Waals surface area contributed by atoms with E-state index in [9.17, 15) is 0 Å². The highest BCUT2D eigenvalue weighted by Gasteiger charge is 2.03. The Bertz CT molecular complexity index is 568. The number of terminal acetylenes is 1. The maximum absolute atomic E-state index is 5.85. The molecular weight excluding hydrogens is 232 g/mol. The average Bonchev–Trinajstić information content (AvgIpc) is 2.39. The van der Waals surface area contributed by atoms with E-state index in [1.807, 2.05) is 37.4 Å². The van der Waals surface area contributed by atoms with E-state index in [0.29, 0.717) is 5.69 Å². The minimum absolute atomic E-state index is 0.616.